The van der Waals surface area contributed by atoms with E-state index in [1.165, 1.54) is 34.6 Å². The first-order valence-corrected chi connectivity index (χ1v) is 7.75. The van der Waals surface area contributed by atoms with E-state index in [0.717, 1.165) is 10.9 Å². The van der Waals surface area contributed by atoms with Crippen LogP contribution in [0.2, 0.25) is 0 Å². The van der Waals surface area contributed by atoms with Crippen LogP contribution in [0.25, 0.3) is 0 Å². The molecule has 1 aromatic heterocycles. The minimum atomic E-state index is -0.626. The van der Waals surface area contributed by atoms with Gasteiger partial charge in [0, 0.05) is 37.2 Å². The highest BCUT2D eigenvalue weighted by Gasteiger charge is 2.13. The van der Waals surface area contributed by atoms with Crippen LogP contribution in [-0.4, -0.2) is 40.7 Å². The summed E-state index contributed by atoms with van der Waals surface area (Å²) in [6.45, 7) is 1.79. The smallest absolute Gasteiger partial charge is 0.323 e. The highest BCUT2D eigenvalue weighted by atomic mass is 32.1. The molecule has 1 aromatic carbocycles. The molecule has 5 nitrogen and oxygen atoms in total. The van der Waals surface area contributed by atoms with Gasteiger partial charge < -0.3 is 10.0 Å². The maximum atomic E-state index is 13.6. The van der Waals surface area contributed by atoms with Crippen LogP contribution in [0.15, 0.2) is 24.4 Å². The molecule has 0 fully saturated rings. The fraction of sp³-hybridized carbons (Fsp3) is 0.333. The molecule has 0 spiro atoms. The van der Waals surface area contributed by atoms with Crippen molar-refractivity contribution in [3.63, 3.8) is 0 Å². The van der Waals surface area contributed by atoms with Gasteiger partial charge in [-0.1, -0.05) is 6.07 Å². The number of likely N-dealkylation sites (N-methyl/N-ethyl adjacent to an activating group) is 1. The summed E-state index contributed by atoms with van der Waals surface area (Å²) in [6.07, 6.45) is 1.18. The lowest BCUT2D eigenvalue weighted by Gasteiger charge is -2.18. The van der Waals surface area contributed by atoms with E-state index >= 15 is 0 Å². The van der Waals surface area contributed by atoms with Gasteiger partial charge in [0.1, 0.15) is 11.6 Å². The van der Waals surface area contributed by atoms with E-state index in [4.69, 9.17) is 0 Å². The van der Waals surface area contributed by atoms with Crippen LogP contribution in [0.1, 0.15) is 17.4 Å². The fourth-order valence-corrected chi connectivity index (χ4v) is 2.79. The first-order chi connectivity index (χ1) is 10.8. The Kier molecular flexibility index (Phi) is 5.62. The van der Waals surface area contributed by atoms with E-state index in [1.807, 2.05) is 0 Å². The molecule has 1 atom stereocenters. The lowest BCUT2D eigenvalue weighted by atomic mass is 10.1. The van der Waals surface area contributed by atoms with Gasteiger partial charge in [0.2, 0.25) is 0 Å². The van der Waals surface area contributed by atoms with Gasteiger partial charge in [0.25, 0.3) is 0 Å². The number of nitrogens with one attached hydrogen (secondary N) is 1. The van der Waals surface area contributed by atoms with Crippen molar-refractivity contribution in [3.05, 3.63) is 46.5 Å². The van der Waals surface area contributed by atoms with E-state index in [0.29, 0.717) is 10.7 Å². The second-order valence-electron chi connectivity index (χ2n) is 5.20. The molecule has 1 heterocycles. The highest BCUT2D eigenvalue weighted by Crippen LogP contribution is 2.23. The fourth-order valence-electron chi connectivity index (χ4n) is 1.97. The topological polar surface area (TPSA) is 65.5 Å². The Labute approximate surface area is 136 Å². The van der Waals surface area contributed by atoms with Gasteiger partial charge in [-0.15, -0.1) is 11.3 Å². The molecule has 2 rings (SSSR count). The Hall–Kier alpha value is -2.06. The van der Waals surface area contributed by atoms with Gasteiger partial charge in [-0.3, -0.25) is 5.32 Å². The molecule has 0 bridgehead atoms. The number of thiazole rings is 1. The van der Waals surface area contributed by atoms with Crippen molar-refractivity contribution in [2.24, 2.45) is 0 Å². The normalized spacial score (nSPS) is 12.0. The van der Waals surface area contributed by atoms with E-state index in [2.05, 4.69) is 10.3 Å². The molecule has 0 aliphatic rings. The number of nitrogens with zero attached hydrogens (tertiary/aromatic N) is 2. The predicted molar refractivity (Wildman–Crippen MR) is 84.6 cm³/mol. The lowest BCUT2D eigenvalue weighted by molar-refractivity contribution is 0.149. The molecule has 0 aliphatic carbocycles. The van der Waals surface area contributed by atoms with E-state index < -0.39 is 17.7 Å². The average molecular weight is 341 g/mol. The molecule has 2 aromatic rings. The number of aliphatic hydroxyl groups is 1. The minimum absolute atomic E-state index is 0.199. The maximum absolute atomic E-state index is 13.6. The largest absolute Gasteiger partial charge is 0.392 e. The van der Waals surface area contributed by atoms with E-state index in [9.17, 15) is 18.7 Å². The monoisotopic (exact) mass is 341 g/mol. The Morgan fingerprint density at radius 2 is 2.22 bits per heavy atom. The SMILES string of the molecule is C[C@H](O)CN(C)C(=O)Nc1ncc(Cc2ccc(F)cc2F)s1. The lowest BCUT2D eigenvalue weighted by Crippen LogP contribution is -2.36. The number of benzene rings is 1. The summed E-state index contributed by atoms with van der Waals surface area (Å²) < 4.78 is 26.5. The van der Waals surface area contributed by atoms with Gasteiger partial charge in [-0.25, -0.2) is 18.6 Å². The molecule has 0 unspecified atom stereocenters. The van der Waals surface area contributed by atoms with Crippen molar-refractivity contribution in [2.45, 2.75) is 19.4 Å². The molecule has 0 saturated heterocycles. The highest BCUT2D eigenvalue weighted by molar-refractivity contribution is 7.15. The molecule has 124 valence electrons. The standard InChI is InChI=1S/C15H17F2N3O2S/c1-9(21)8-20(2)15(22)19-14-18-7-12(23-14)5-10-3-4-11(16)6-13(10)17/h3-4,6-7,9,21H,5,8H2,1-2H3,(H,18,19,22)/t9-/m0/s1. The molecule has 0 saturated carbocycles. The number of hydrogen-bond donors (Lipinski definition) is 2. The number of aliphatic hydroxyl groups excluding tert-OH is 1. The number of carbonyl (C=O) groups is 1. The number of halogens is 2. The van der Waals surface area contributed by atoms with Gasteiger partial charge in [0.15, 0.2) is 5.13 Å². The number of hydrogen-bond acceptors (Lipinski definition) is 4. The van der Waals surface area contributed by atoms with Crippen LogP contribution in [0.3, 0.4) is 0 Å². The third-order valence-electron chi connectivity index (χ3n) is 3.03. The van der Waals surface area contributed by atoms with E-state index in [-0.39, 0.29) is 19.0 Å². The van der Waals surface area contributed by atoms with Gasteiger partial charge in [-0.2, -0.15) is 0 Å². The number of amides is 2. The van der Waals surface area contributed by atoms with Crippen LogP contribution in [0.4, 0.5) is 18.7 Å². The van der Waals surface area contributed by atoms with Crippen molar-refractivity contribution in [2.75, 3.05) is 18.9 Å². The van der Waals surface area contributed by atoms with Gasteiger partial charge >= 0.3 is 6.03 Å². The molecule has 0 radical (unpaired) electrons. The second-order valence-corrected chi connectivity index (χ2v) is 6.32. The summed E-state index contributed by atoms with van der Waals surface area (Å²) >= 11 is 1.21. The van der Waals surface area contributed by atoms with Crippen molar-refractivity contribution in [1.29, 1.82) is 0 Å². The Morgan fingerprint density at radius 3 is 2.87 bits per heavy atom. The number of rotatable bonds is 5. The molecule has 2 amide bonds. The molecular formula is C15H17F2N3O2S. The summed E-state index contributed by atoms with van der Waals surface area (Å²) in [6, 6.07) is 3.04. The number of urea groups is 1. The average Bonchev–Trinajstić information content (AvgIpc) is 2.88. The molecule has 23 heavy (non-hydrogen) atoms. The van der Waals surface area contributed by atoms with Crippen LogP contribution in [-0.2, 0) is 6.42 Å². The quantitative estimate of drug-likeness (QED) is 0.879. The molecule has 2 N–H and O–H groups in total. The summed E-state index contributed by atoms with van der Waals surface area (Å²) in [7, 11) is 1.56. The van der Waals surface area contributed by atoms with Crippen LogP contribution < -0.4 is 5.32 Å². The number of anilines is 1. The third kappa shape index (κ3) is 4.97. The first kappa shape index (κ1) is 17.3. The third-order valence-corrected chi connectivity index (χ3v) is 3.94. The van der Waals surface area contributed by atoms with Crippen molar-refractivity contribution < 1.29 is 18.7 Å². The Balaban J connectivity index is 1.99. The van der Waals surface area contributed by atoms with Crippen molar-refractivity contribution in [3.8, 4) is 0 Å². The molecule has 0 aliphatic heterocycles. The number of aromatic nitrogens is 1. The minimum Gasteiger partial charge on any atom is -0.392 e. The Morgan fingerprint density at radius 1 is 1.48 bits per heavy atom. The summed E-state index contributed by atoms with van der Waals surface area (Å²) in [5, 5.41) is 12.2. The zero-order valence-corrected chi connectivity index (χ0v) is 13.5. The zero-order chi connectivity index (χ0) is 17.0. The van der Waals surface area contributed by atoms with Crippen LogP contribution in [0.5, 0.6) is 0 Å². The summed E-state index contributed by atoms with van der Waals surface area (Å²) in [5.41, 5.74) is 0.360. The number of carbonyl (C=O) groups excluding carboxylic acids is 1. The maximum Gasteiger partial charge on any atom is 0.323 e. The molecule has 8 heteroatoms. The van der Waals surface area contributed by atoms with Gasteiger partial charge in [-0.05, 0) is 18.6 Å². The van der Waals surface area contributed by atoms with Gasteiger partial charge in [0.05, 0.1) is 6.10 Å². The van der Waals surface area contributed by atoms with Crippen molar-refractivity contribution >= 4 is 22.5 Å². The predicted octanol–water partition coefficient (Wildman–Crippen LogP) is 2.86. The summed E-state index contributed by atoms with van der Waals surface area (Å²) in [5.74, 6) is -1.23. The first-order valence-electron chi connectivity index (χ1n) is 6.94. The Bertz CT molecular complexity index is 691. The summed E-state index contributed by atoms with van der Waals surface area (Å²) in [4.78, 5) is 18.0. The van der Waals surface area contributed by atoms with Crippen LogP contribution in [0, 0.1) is 11.6 Å². The van der Waals surface area contributed by atoms with E-state index in [1.54, 1.807) is 14.0 Å². The zero-order valence-electron chi connectivity index (χ0n) is 12.7. The van der Waals surface area contributed by atoms with Crippen molar-refractivity contribution in [1.82, 2.24) is 9.88 Å². The molecular weight excluding hydrogens is 324 g/mol. The second kappa shape index (κ2) is 7.47. The van der Waals surface area contributed by atoms with Crippen LogP contribution >= 0.6 is 11.3 Å².